The number of carbonyl (C=O) groups is 1. The maximum absolute atomic E-state index is 11.4. The first-order valence-electron chi connectivity index (χ1n) is 6.14. The number of hydrogen-bond donors (Lipinski definition) is 2. The van der Waals surface area contributed by atoms with Gasteiger partial charge in [0.15, 0.2) is 0 Å². The Labute approximate surface area is 111 Å². The van der Waals surface area contributed by atoms with Crippen LogP contribution in [0.1, 0.15) is 18.7 Å². The number of hydrogen-bond acceptors (Lipinski definition) is 8. The minimum Gasteiger partial charge on any atom is -0.469 e. The molecule has 1 aromatic rings. The van der Waals surface area contributed by atoms with Crippen LogP contribution in [0.25, 0.3) is 0 Å². The number of nitrogens with two attached hydrogens (primary N) is 2. The minimum absolute atomic E-state index is 0.00486. The first-order chi connectivity index (χ1) is 9.08. The molecule has 4 N–H and O–H groups in total. The zero-order chi connectivity index (χ0) is 13.8. The van der Waals surface area contributed by atoms with Crippen LogP contribution >= 0.6 is 0 Å². The summed E-state index contributed by atoms with van der Waals surface area (Å²) in [5.41, 5.74) is 11.0. The van der Waals surface area contributed by atoms with Crippen LogP contribution in [0.15, 0.2) is 0 Å². The molecule has 104 valence electrons. The average Bonchev–Trinajstić information content (AvgIpc) is 2.37. The molecule has 19 heavy (non-hydrogen) atoms. The molecule has 8 heteroatoms. The lowest BCUT2D eigenvalue weighted by atomic mass is 9.97. The van der Waals surface area contributed by atoms with Crippen LogP contribution in [0.4, 0.5) is 11.9 Å². The quantitative estimate of drug-likeness (QED) is 0.697. The molecular formula is C11H18N6O2. The monoisotopic (exact) mass is 266 g/mol. The van der Waals surface area contributed by atoms with Crippen molar-refractivity contribution in [1.29, 1.82) is 0 Å². The van der Waals surface area contributed by atoms with Gasteiger partial charge in [-0.15, -0.1) is 0 Å². The van der Waals surface area contributed by atoms with E-state index < -0.39 is 0 Å². The Morgan fingerprint density at radius 1 is 1.26 bits per heavy atom. The summed E-state index contributed by atoms with van der Waals surface area (Å²) in [7, 11) is 1.42. The highest BCUT2D eigenvalue weighted by atomic mass is 16.5. The molecule has 0 unspecified atom stereocenters. The summed E-state index contributed by atoms with van der Waals surface area (Å²) in [4.78, 5) is 25.4. The average molecular weight is 266 g/mol. The Balaban J connectivity index is 1.90. The number of anilines is 2. The zero-order valence-electron chi connectivity index (χ0n) is 10.9. The number of ether oxygens (including phenoxy) is 1. The van der Waals surface area contributed by atoms with Gasteiger partial charge in [-0.05, 0) is 25.9 Å². The van der Waals surface area contributed by atoms with Gasteiger partial charge in [0.25, 0.3) is 0 Å². The number of aromatic nitrogens is 3. The molecular weight excluding hydrogens is 248 g/mol. The summed E-state index contributed by atoms with van der Waals surface area (Å²) in [5, 5.41) is 0. The molecule has 1 aliphatic rings. The fraction of sp³-hybridized carbons (Fsp3) is 0.636. The molecule has 8 nitrogen and oxygen atoms in total. The lowest BCUT2D eigenvalue weighted by Gasteiger charge is -2.29. The molecule has 0 amide bonds. The largest absolute Gasteiger partial charge is 0.469 e. The Kier molecular flexibility index (Phi) is 4.10. The second kappa shape index (κ2) is 5.79. The van der Waals surface area contributed by atoms with Crippen molar-refractivity contribution in [2.24, 2.45) is 5.92 Å². The number of piperidine rings is 1. The zero-order valence-corrected chi connectivity index (χ0v) is 10.9. The van der Waals surface area contributed by atoms with E-state index in [0.29, 0.717) is 12.4 Å². The molecule has 0 atom stereocenters. The van der Waals surface area contributed by atoms with Crippen LogP contribution in [0.5, 0.6) is 0 Å². The van der Waals surface area contributed by atoms with Gasteiger partial charge in [-0.2, -0.15) is 15.0 Å². The molecule has 1 aromatic heterocycles. The third-order valence-corrected chi connectivity index (χ3v) is 3.20. The van der Waals surface area contributed by atoms with E-state index >= 15 is 0 Å². The molecule has 2 rings (SSSR count). The lowest BCUT2D eigenvalue weighted by molar-refractivity contribution is -0.147. The van der Waals surface area contributed by atoms with E-state index in [1.807, 2.05) is 0 Å². The fourth-order valence-corrected chi connectivity index (χ4v) is 2.22. The Morgan fingerprint density at radius 2 is 1.84 bits per heavy atom. The predicted octanol–water partition coefficient (Wildman–Crippen LogP) is -0.579. The third kappa shape index (κ3) is 3.50. The summed E-state index contributed by atoms with van der Waals surface area (Å²) >= 11 is 0. The van der Waals surface area contributed by atoms with E-state index in [-0.39, 0.29) is 23.8 Å². The highest BCUT2D eigenvalue weighted by Gasteiger charge is 2.25. The summed E-state index contributed by atoms with van der Waals surface area (Å²) < 4.78 is 4.75. The van der Waals surface area contributed by atoms with Crippen molar-refractivity contribution in [3.8, 4) is 0 Å². The molecule has 0 saturated carbocycles. The Hall–Kier alpha value is -1.96. The van der Waals surface area contributed by atoms with Crippen molar-refractivity contribution in [1.82, 2.24) is 19.9 Å². The van der Waals surface area contributed by atoms with Crippen LogP contribution in [0, 0.1) is 5.92 Å². The Bertz CT molecular complexity index is 438. The lowest BCUT2D eigenvalue weighted by Crippen LogP contribution is -2.36. The molecule has 0 spiro atoms. The Morgan fingerprint density at radius 3 is 2.37 bits per heavy atom. The van der Waals surface area contributed by atoms with Gasteiger partial charge in [0.2, 0.25) is 11.9 Å². The van der Waals surface area contributed by atoms with Gasteiger partial charge in [0.05, 0.1) is 19.6 Å². The van der Waals surface area contributed by atoms with Crippen LogP contribution in [0.2, 0.25) is 0 Å². The predicted molar refractivity (Wildman–Crippen MR) is 68.7 cm³/mol. The first-order valence-corrected chi connectivity index (χ1v) is 6.14. The van der Waals surface area contributed by atoms with E-state index in [0.717, 1.165) is 25.9 Å². The first kappa shape index (κ1) is 13.5. The number of likely N-dealkylation sites (tertiary alicyclic amines) is 1. The number of carbonyl (C=O) groups excluding carboxylic acids is 1. The van der Waals surface area contributed by atoms with Gasteiger partial charge in [-0.1, -0.05) is 0 Å². The normalized spacial score (nSPS) is 17.3. The van der Waals surface area contributed by atoms with Crippen LogP contribution in [0.3, 0.4) is 0 Å². The van der Waals surface area contributed by atoms with E-state index in [1.54, 1.807) is 0 Å². The topological polar surface area (TPSA) is 120 Å². The molecule has 1 fully saturated rings. The molecule has 0 aromatic carbocycles. The van der Waals surface area contributed by atoms with E-state index in [2.05, 4.69) is 19.9 Å². The van der Waals surface area contributed by atoms with Crippen molar-refractivity contribution in [3.63, 3.8) is 0 Å². The van der Waals surface area contributed by atoms with Gasteiger partial charge < -0.3 is 16.2 Å². The van der Waals surface area contributed by atoms with E-state index in [1.165, 1.54) is 7.11 Å². The maximum Gasteiger partial charge on any atom is 0.308 e. The van der Waals surface area contributed by atoms with Gasteiger partial charge >= 0.3 is 5.97 Å². The van der Waals surface area contributed by atoms with Crippen molar-refractivity contribution in [3.05, 3.63) is 5.82 Å². The maximum atomic E-state index is 11.4. The summed E-state index contributed by atoms with van der Waals surface area (Å²) in [6, 6.07) is 0. The standard InChI is InChI=1S/C11H18N6O2/c1-19-9(18)7-2-4-17(5-3-7)6-8-14-10(12)16-11(13)15-8/h7H,2-6H2,1H3,(H4,12,13,14,15,16). The second-order valence-corrected chi connectivity index (χ2v) is 4.54. The van der Waals surface area contributed by atoms with Crippen LogP contribution < -0.4 is 11.5 Å². The molecule has 2 heterocycles. The van der Waals surface area contributed by atoms with Crippen molar-refractivity contribution < 1.29 is 9.53 Å². The van der Waals surface area contributed by atoms with Crippen molar-refractivity contribution >= 4 is 17.9 Å². The number of rotatable bonds is 3. The summed E-state index contributed by atoms with van der Waals surface area (Å²) in [6.07, 6.45) is 1.56. The molecule has 1 aliphatic heterocycles. The summed E-state index contributed by atoms with van der Waals surface area (Å²) in [6.45, 7) is 2.15. The van der Waals surface area contributed by atoms with E-state index in [9.17, 15) is 4.79 Å². The highest BCUT2D eigenvalue weighted by molar-refractivity contribution is 5.72. The van der Waals surface area contributed by atoms with E-state index in [4.69, 9.17) is 16.2 Å². The highest BCUT2D eigenvalue weighted by Crippen LogP contribution is 2.19. The van der Waals surface area contributed by atoms with Gasteiger partial charge in [-0.25, -0.2) is 0 Å². The molecule has 0 radical (unpaired) electrons. The molecule has 0 aliphatic carbocycles. The molecule has 0 bridgehead atoms. The smallest absolute Gasteiger partial charge is 0.308 e. The van der Waals surface area contributed by atoms with Crippen molar-refractivity contribution in [2.45, 2.75) is 19.4 Å². The number of methoxy groups -OCH3 is 1. The SMILES string of the molecule is COC(=O)C1CCN(Cc2nc(N)nc(N)n2)CC1. The van der Waals surface area contributed by atoms with Gasteiger partial charge in [0, 0.05) is 0 Å². The second-order valence-electron chi connectivity index (χ2n) is 4.54. The third-order valence-electron chi connectivity index (χ3n) is 3.20. The number of nitrogens with zero attached hydrogens (tertiary/aromatic N) is 4. The van der Waals surface area contributed by atoms with Crippen molar-refractivity contribution in [2.75, 3.05) is 31.7 Å². The molecule has 1 saturated heterocycles. The van der Waals surface area contributed by atoms with Crippen LogP contribution in [-0.4, -0.2) is 46.0 Å². The van der Waals surface area contributed by atoms with Gasteiger partial charge in [-0.3, -0.25) is 9.69 Å². The fourth-order valence-electron chi connectivity index (χ4n) is 2.22. The number of esters is 1. The minimum atomic E-state index is -0.131. The van der Waals surface area contributed by atoms with Crippen LogP contribution in [-0.2, 0) is 16.1 Å². The number of nitrogen functional groups attached to an aromatic ring is 2. The summed E-state index contributed by atoms with van der Waals surface area (Å²) in [5.74, 6) is 0.684. The van der Waals surface area contributed by atoms with Gasteiger partial charge in [0.1, 0.15) is 5.82 Å².